The van der Waals surface area contributed by atoms with Gasteiger partial charge in [-0.15, -0.1) is 0 Å². The van der Waals surface area contributed by atoms with Crippen molar-refractivity contribution in [1.82, 2.24) is 24.1 Å². The highest BCUT2D eigenvalue weighted by Gasteiger charge is 2.22. The van der Waals surface area contributed by atoms with Crippen LogP contribution in [0.1, 0.15) is 0 Å². The molecule has 0 amide bonds. The van der Waals surface area contributed by atoms with Crippen LogP contribution < -0.4 is 0 Å². The van der Waals surface area contributed by atoms with Crippen molar-refractivity contribution < 1.29 is 0 Å². The van der Waals surface area contributed by atoms with E-state index in [0.29, 0.717) is 17.5 Å². The lowest BCUT2D eigenvalue weighted by atomic mass is 9.96. The van der Waals surface area contributed by atoms with E-state index in [-0.39, 0.29) is 0 Å². The maximum absolute atomic E-state index is 5.50. The fourth-order valence-corrected chi connectivity index (χ4v) is 11.7. The molecule has 5 heteroatoms. The maximum atomic E-state index is 5.50. The molecule has 0 aliphatic rings. The summed E-state index contributed by atoms with van der Waals surface area (Å²) in [7, 11) is 0. The van der Waals surface area contributed by atoms with Gasteiger partial charge in [-0.2, -0.15) is 0 Å². The second-order valence-corrected chi connectivity index (χ2v) is 20.3. The first kappa shape index (κ1) is 46.5. The van der Waals surface area contributed by atoms with Gasteiger partial charge in [0.05, 0.1) is 33.4 Å². The summed E-state index contributed by atoms with van der Waals surface area (Å²) >= 11 is 0. The minimum Gasteiger partial charge on any atom is -0.309 e. The summed E-state index contributed by atoms with van der Waals surface area (Å²) in [6.07, 6.45) is 0. The molecule has 0 atom stereocenters. The van der Waals surface area contributed by atoms with E-state index >= 15 is 0 Å². The molecule has 12 aromatic carbocycles. The molecule has 0 saturated carbocycles. The van der Waals surface area contributed by atoms with Crippen molar-refractivity contribution in [3.05, 3.63) is 297 Å². The molecule has 374 valence electrons. The Morgan fingerprint density at radius 1 is 0.188 bits per heavy atom. The highest BCUT2D eigenvalue weighted by molar-refractivity contribution is 6.13. The Labute approximate surface area is 463 Å². The minimum absolute atomic E-state index is 0.575. The molecule has 0 aliphatic carbocycles. The van der Waals surface area contributed by atoms with Crippen molar-refractivity contribution in [2.24, 2.45) is 0 Å². The van der Waals surface area contributed by atoms with E-state index in [1.807, 2.05) is 18.2 Å². The van der Waals surface area contributed by atoms with Gasteiger partial charge in [0, 0.05) is 49.4 Å². The summed E-state index contributed by atoms with van der Waals surface area (Å²) in [6, 6.07) is 106. The summed E-state index contributed by atoms with van der Waals surface area (Å²) in [6.45, 7) is 0. The molecule has 3 heterocycles. The van der Waals surface area contributed by atoms with E-state index in [2.05, 4.69) is 288 Å². The van der Waals surface area contributed by atoms with Gasteiger partial charge in [-0.05, 0) is 99.1 Å². The predicted molar refractivity (Wildman–Crippen MR) is 332 cm³/mol. The molecule has 0 bridgehead atoms. The zero-order valence-corrected chi connectivity index (χ0v) is 43.5. The largest absolute Gasteiger partial charge is 0.309 e. The van der Waals surface area contributed by atoms with E-state index < -0.39 is 0 Å². The van der Waals surface area contributed by atoms with Crippen LogP contribution in [0.3, 0.4) is 0 Å². The second kappa shape index (κ2) is 19.7. The van der Waals surface area contributed by atoms with E-state index in [9.17, 15) is 0 Å². The third-order valence-electron chi connectivity index (χ3n) is 15.6. The number of benzene rings is 12. The molecule has 0 unspecified atom stereocenters. The normalized spacial score (nSPS) is 11.5. The first-order valence-corrected chi connectivity index (χ1v) is 27.2. The van der Waals surface area contributed by atoms with Crippen LogP contribution in [0.4, 0.5) is 0 Å². The standard InChI is InChI=1S/C75H49N5/c1-6-21-50(22-7-1)55-31-20-32-58(45-55)62-42-38-60(49-72(62)79-67-35-18-16-33-63(67)64-34-17-19-36-68(64)79)75-77-73(54-29-14-5-15-30-54)76-74(78-75)59-37-41-61(53-27-12-4-13-28-53)71(48-59)80-69-43-39-56(51-23-8-2-9-24-51)46-65(69)66-47-57(40-44-70(66)80)52-25-10-3-11-26-52/h1-49H. The number of rotatable bonds is 10. The number of aromatic nitrogens is 5. The quantitative estimate of drug-likeness (QED) is 0.137. The van der Waals surface area contributed by atoms with Crippen molar-refractivity contribution in [2.75, 3.05) is 0 Å². The maximum Gasteiger partial charge on any atom is 0.164 e. The number of fused-ring (bicyclic) bond motifs is 6. The lowest BCUT2D eigenvalue weighted by molar-refractivity contribution is 1.07. The molecule has 3 aromatic heterocycles. The predicted octanol–water partition coefficient (Wildman–Crippen LogP) is 19.4. The molecule has 0 aliphatic heterocycles. The van der Waals surface area contributed by atoms with Crippen molar-refractivity contribution in [1.29, 1.82) is 0 Å². The van der Waals surface area contributed by atoms with Gasteiger partial charge in [0.2, 0.25) is 0 Å². The van der Waals surface area contributed by atoms with Crippen LogP contribution in [-0.2, 0) is 0 Å². The minimum atomic E-state index is 0.575. The molecule has 0 radical (unpaired) electrons. The van der Waals surface area contributed by atoms with Crippen LogP contribution in [-0.4, -0.2) is 24.1 Å². The van der Waals surface area contributed by atoms with Gasteiger partial charge in [0.15, 0.2) is 17.5 Å². The van der Waals surface area contributed by atoms with Gasteiger partial charge in [0.1, 0.15) is 0 Å². The average molecular weight is 1020 g/mol. The monoisotopic (exact) mass is 1020 g/mol. The van der Waals surface area contributed by atoms with E-state index in [1.165, 1.54) is 49.4 Å². The zero-order valence-electron chi connectivity index (χ0n) is 43.5. The fourth-order valence-electron chi connectivity index (χ4n) is 11.7. The van der Waals surface area contributed by atoms with E-state index in [0.717, 1.165) is 77.9 Å². The van der Waals surface area contributed by atoms with Gasteiger partial charge < -0.3 is 9.13 Å². The van der Waals surface area contributed by atoms with E-state index in [4.69, 9.17) is 15.0 Å². The number of para-hydroxylation sites is 2. The molecule has 0 N–H and O–H groups in total. The summed E-state index contributed by atoms with van der Waals surface area (Å²) in [4.78, 5) is 16.2. The molecule has 80 heavy (non-hydrogen) atoms. The molecule has 0 spiro atoms. The topological polar surface area (TPSA) is 48.5 Å². The van der Waals surface area contributed by atoms with Crippen LogP contribution >= 0.6 is 0 Å². The highest BCUT2D eigenvalue weighted by Crippen LogP contribution is 2.43. The Hall–Kier alpha value is -10.8. The van der Waals surface area contributed by atoms with Crippen molar-refractivity contribution in [2.45, 2.75) is 0 Å². The van der Waals surface area contributed by atoms with Crippen LogP contribution in [0, 0.1) is 0 Å². The van der Waals surface area contributed by atoms with E-state index in [1.54, 1.807) is 0 Å². The van der Waals surface area contributed by atoms with Gasteiger partial charge in [-0.25, -0.2) is 15.0 Å². The Morgan fingerprint density at radius 3 is 0.975 bits per heavy atom. The van der Waals surface area contributed by atoms with Gasteiger partial charge in [0.25, 0.3) is 0 Å². The average Bonchev–Trinajstić information content (AvgIpc) is 4.14. The Balaban J connectivity index is 0.959. The molecule has 15 aromatic rings. The lowest BCUT2D eigenvalue weighted by Gasteiger charge is -2.18. The van der Waals surface area contributed by atoms with Gasteiger partial charge in [-0.1, -0.05) is 243 Å². The molecule has 0 saturated heterocycles. The van der Waals surface area contributed by atoms with Crippen molar-refractivity contribution in [3.63, 3.8) is 0 Å². The number of nitrogens with zero attached hydrogens (tertiary/aromatic N) is 5. The van der Waals surface area contributed by atoms with Crippen molar-refractivity contribution >= 4 is 43.6 Å². The third kappa shape index (κ3) is 8.24. The summed E-state index contributed by atoms with van der Waals surface area (Å²) in [5.74, 6) is 1.75. The Bertz CT molecular complexity index is 4650. The first-order valence-electron chi connectivity index (χ1n) is 27.2. The van der Waals surface area contributed by atoms with Gasteiger partial charge in [-0.3, -0.25) is 0 Å². The summed E-state index contributed by atoms with van der Waals surface area (Å²) in [5, 5.41) is 4.73. The zero-order chi connectivity index (χ0) is 52.9. The van der Waals surface area contributed by atoms with Crippen LogP contribution in [0.5, 0.6) is 0 Å². The Morgan fingerprint density at radius 2 is 0.512 bits per heavy atom. The summed E-state index contributed by atoms with van der Waals surface area (Å²) < 4.78 is 4.84. The second-order valence-electron chi connectivity index (χ2n) is 20.3. The number of hydrogen-bond donors (Lipinski definition) is 0. The molecular weight excluding hydrogens is 971 g/mol. The molecular formula is C75H49N5. The molecule has 15 rings (SSSR count). The molecule has 5 nitrogen and oxygen atoms in total. The highest BCUT2D eigenvalue weighted by atomic mass is 15.0. The summed E-state index contributed by atoms with van der Waals surface area (Å²) in [5.41, 5.74) is 20.6. The van der Waals surface area contributed by atoms with Crippen LogP contribution in [0.2, 0.25) is 0 Å². The Kier molecular flexibility index (Phi) is 11.4. The van der Waals surface area contributed by atoms with Crippen LogP contribution in [0.15, 0.2) is 297 Å². The van der Waals surface area contributed by atoms with Gasteiger partial charge >= 0.3 is 0 Å². The van der Waals surface area contributed by atoms with Crippen molar-refractivity contribution in [3.8, 4) is 101 Å². The smallest absolute Gasteiger partial charge is 0.164 e. The van der Waals surface area contributed by atoms with Crippen LogP contribution in [0.25, 0.3) is 145 Å². The number of hydrogen-bond acceptors (Lipinski definition) is 3. The fraction of sp³-hybridized carbons (Fsp3) is 0. The molecule has 0 fully saturated rings. The first-order chi connectivity index (χ1) is 39.7. The SMILES string of the molecule is c1ccc(-c2cccc(-c3ccc(-c4nc(-c5ccccc5)nc(-c5ccc(-c6ccccc6)c(-n6c7ccc(-c8ccccc8)cc7c7cc(-c8ccccc8)ccc76)c5)n4)cc3-n3c4ccccc4c4ccccc43)c2)cc1. The third-order valence-corrected chi connectivity index (χ3v) is 15.6. The lowest BCUT2D eigenvalue weighted by Crippen LogP contribution is -2.03.